The quantitative estimate of drug-likeness (QED) is 0.818. The molecule has 20 heavy (non-hydrogen) atoms. The first-order chi connectivity index (χ1) is 9.62. The van der Waals surface area contributed by atoms with Gasteiger partial charge in [-0.05, 0) is 36.2 Å². The van der Waals surface area contributed by atoms with E-state index in [1.54, 1.807) is 24.3 Å². The number of sulfone groups is 1. The van der Waals surface area contributed by atoms with E-state index >= 15 is 0 Å². The molecule has 0 bridgehead atoms. The summed E-state index contributed by atoms with van der Waals surface area (Å²) in [5, 5.41) is 0. The zero-order valence-corrected chi connectivity index (χ0v) is 12.3. The summed E-state index contributed by atoms with van der Waals surface area (Å²) >= 11 is 0. The van der Waals surface area contributed by atoms with Crippen LogP contribution in [0.1, 0.15) is 18.9 Å². The number of rotatable bonds is 6. The van der Waals surface area contributed by atoms with Gasteiger partial charge in [-0.1, -0.05) is 37.3 Å². The molecule has 4 heteroatoms. The monoisotopic (exact) mass is 290 g/mol. The Labute approximate surface area is 120 Å². The van der Waals surface area contributed by atoms with Crippen LogP contribution in [0.5, 0.6) is 5.75 Å². The van der Waals surface area contributed by atoms with Gasteiger partial charge >= 0.3 is 0 Å². The lowest BCUT2D eigenvalue weighted by Gasteiger charge is -2.07. The van der Waals surface area contributed by atoms with Gasteiger partial charge in [-0.2, -0.15) is 0 Å². The standard InChI is InChI=1S/C16H18O3S/c1-2-12-19-15-8-10-16(11-9-15)20(17,18)13-14-6-4-3-5-7-14/h3-11H,2,12-13H2,1H3. The van der Waals surface area contributed by atoms with Crippen LogP contribution in [0.4, 0.5) is 0 Å². The first kappa shape index (κ1) is 14.6. The largest absolute Gasteiger partial charge is 0.494 e. The maximum absolute atomic E-state index is 12.3. The molecule has 0 amide bonds. The van der Waals surface area contributed by atoms with Gasteiger partial charge in [0, 0.05) is 0 Å². The summed E-state index contributed by atoms with van der Waals surface area (Å²) in [6.45, 7) is 2.66. The molecule has 0 aliphatic rings. The Morgan fingerprint density at radius 2 is 1.60 bits per heavy atom. The molecule has 0 N–H and O–H groups in total. The molecule has 106 valence electrons. The number of ether oxygens (including phenoxy) is 1. The molecule has 2 aromatic carbocycles. The number of hydrogen-bond acceptors (Lipinski definition) is 3. The van der Waals surface area contributed by atoms with E-state index in [1.807, 2.05) is 37.3 Å². The lowest BCUT2D eigenvalue weighted by atomic mass is 10.2. The van der Waals surface area contributed by atoms with Gasteiger partial charge in [0.15, 0.2) is 9.84 Å². The summed E-state index contributed by atoms with van der Waals surface area (Å²) in [4.78, 5) is 0.324. The van der Waals surface area contributed by atoms with Crippen LogP contribution in [0.25, 0.3) is 0 Å². The Hall–Kier alpha value is -1.81. The fourth-order valence-electron chi connectivity index (χ4n) is 1.84. The molecule has 0 unspecified atom stereocenters. The molecule has 0 heterocycles. The average molecular weight is 290 g/mol. The molecule has 2 rings (SSSR count). The molecule has 0 aromatic heterocycles. The van der Waals surface area contributed by atoms with E-state index in [4.69, 9.17) is 4.74 Å². The second-order valence-corrected chi connectivity index (χ2v) is 6.55. The fourth-order valence-corrected chi connectivity index (χ4v) is 3.19. The van der Waals surface area contributed by atoms with Crippen molar-refractivity contribution in [3.63, 3.8) is 0 Å². The van der Waals surface area contributed by atoms with Gasteiger partial charge in [-0.3, -0.25) is 0 Å². The number of hydrogen-bond donors (Lipinski definition) is 0. The fraction of sp³-hybridized carbons (Fsp3) is 0.250. The molecular weight excluding hydrogens is 272 g/mol. The summed E-state index contributed by atoms with van der Waals surface area (Å²) in [5.41, 5.74) is 0.791. The zero-order chi connectivity index (χ0) is 14.4. The Morgan fingerprint density at radius 1 is 0.950 bits per heavy atom. The molecule has 0 aliphatic heterocycles. The topological polar surface area (TPSA) is 43.4 Å². The van der Waals surface area contributed by atoms with Crippen molar-refractivity contribution in [3.05, 3.63) is 60.2 Å². The Balaban J connectivity index is 2.13. The number of benzene rings is 2. The molecule has 2 aromatic rings. The van der Waals surface area contributed by atoms with Crippen LogP contribution < -0.4 is 4.74 Å². The van der Waals surface area contributed by atoms with Gasteiger partial charge in [-0.15, -0.1) is 0 Å². The van der Waals surface area contributed by atoms with Crippen molar-refractivity contribution in [2.24, 2.45) is 0 Å². The minimum atomic E-state index is -3.31. The van der Waals surface area contributed by atoms with Crippen LogP contribution in [-0.4, -0.2) is 15.0 Å². The van der Waals surface area contributed by atoms with E-state index in [2.05, 4.69) is 0 Å². The Kier molecular flexibility index (Phi) is 4.79. The molecule has 0 aliphatic carbocycles. The summed E-state index contributed by atoms with van der Waals surface area (Å²) in [5.74, 6) is 0.716. The molecule has 3 nitrogen and oxygen atoms in total. The predicted octanol–water partition coefficient (Wildman–Crippen LogP) is 3.45. The molecule has 0 spiro atoms. The summed E-state index contributed by atoms with van der Waals surface area (Å²) in [7, 11) is -3.31. The highest BCUT2D eigenvalue weighted by atomic mass is 32.2. The van der Waals surface area contributed by atoms with E-state index in [0.29, 0.717) is 17.3 Å². The summed E-state index contributed by atoms with van der Waals surface area (Å²) < 4.78 is 30.0. The molecule has 0 saturated heterocycles. The van der Waals surface area contributed by atoms with Gasteiger partial charge < -0.3 is 4.74 Å². The van der Waals surface area contributed by atoms with E-state index in [-0.39, 0.29) is 5.75 Å². The van der Waals surface area contributed by atoms with E-state index in [1.165, 1.54) is 0 Å². The third-order valence-electron chi connectivity index (χ3n) is 2.86. The van der Waals surface area contributed by atoms with E-state index in [0.717, 1.165) is 12.0 Å². The van der Waals surface area contributed by atoms with Gasteiger partial charge in [-0.25, -0.2) is 8.42 Å². The first-order valence-electron chi connectivity index (χ1n) is 6.61. The highest BCUT2D eigenvalue weighted by Crippen LogP contribution is 2.20. The lowest BCUT2D eigenvalue weighted by Crippen LogP contribution is -2.05. The van der Waals surface area contributed by atoms with Crippen LogP contribution in [-0.2, 0) is 15.6 Å². The van der Waals surface area contributed by atoms with Crippen molar-refractivity contribution in [2.75, 3.05) is 6.61 Å². The van der Waals surface area contributed by atoms with Crippen LogP contribution in [0.2, 0.25) is 0 Å². The van der Waals surface area contributed by atoms with Crippen molar-refractivity contribution < 1.29 is 13.2 Å². The van der Waals surface area contributed by atoms with Crippen LogP contribution in [0.15, 0.2) is 59.5 Å². The molecule has 0 saturated carbocycles. The minimum Gasteiger partial charge on any atom is -0.494 e. The van der Waals surface area contributed by atoms with E-state index < -0.39 is 9.84 Å². The minimum absolute atomic E-state index is 0.0169. The smallest absolute Gasteiger partial charge is 0.182 e. The van der Waals surface area contributed by atoms with Gasteiger partial charge in [0.1, 0.15) is 5.75 Å². The third kappa shape index (κ3) is 3.84. The maximum Gasteiger partial charge on any atom is 0.182 e. The van der Waals surface area contributed by atoms with E-state index in [9.17, 15) is 8.42 Å². The summed E-state index contributed by atoms with van der Waals surface area (Å²) in [6, 6.07) is 15.8. The van der Waals surface area contributed by atoms with Gasteiger partial charge in [0.05, 0.1) is 17.3 Å². The van der Waals surface area contributed by atoms with Crippen molar-refractivity contribution in [1.29, 1.82) is 0 Å². The molecule has 0 radical (unpaired) electrons. The van der Waals surface area contributed by atoms with Crippen molar-refractivity contribution in [2.45, 2.75) is 24.0 Å². The zero-order valence-electron chi connectivity index (χ0n) is 11.5. The molecule has 0 atom stereocenters. The Bertz CT molecular complexity index is 631. The highest BCUT2D eigenvalue weighted by Gasteiger charge is 2.15. The second kappa shape index (κ2) is 6.57. The molecular formula is C16H18O3S. The average Bonchev–Trinajstić information content (AvgIpc) is 2.46. The Morgan fingerprint density at radius 3 is 2.20 bits per heavy atom. The SMILES string of the molecule is CCCOc1ccc(S(=O)(=O)Cc2ccccc2)cc1. The van der Waals surface area contributed by atoms with Crippen LogP contribution in [0, 0.1) is 0 Å². The van der Waals surface area contributed by atoms with Gasteiger partial charge in [0.2, 0.25) is 0 Å². The van der Waals surface area contributed by atoms with Gasteiger partial charge in [0.25, 0.3) is 0 Å². The highest BCUT2D eigenvalue weighted by molar-refractivity contribution is 7.90. The van der Waals surface area contributed by atoms with Crippen molar-refractivity contribution >= 4 is 9.84 Å². The lowest BCUT2D eigenvalue weighted by molar-refractivity contribution is 0.317. The first-order valence-corrected chi connectivity index (χ1v) is 8.26. The second-order valence-electron chi connectivity index (χ2n) is 4.56. The van der Waals surface area contributed by atoms with Crippen LogP contribution >= 0.6 is 0 Å². The van der Waals surface area contributed by atoms with Crippen molar-refractivity contribution in [3.8, 4) is 5.75 Å². The summed E-state index contributed by atoms with van der Waals surface area (Å²) in [6.07, 6.45) is 0.925. The van der Waals surface area contributed by atoms with Crippen LogP contribution in [0.3, 0.4) is 0 Å². The third-order valence-corrected chi connectivity index (χ3v) is 4.56. The maximum atomic E-state index is 12.3. The molecule has 0 fully saturated rings. The normalized spacial score (nSPS) is 11.2. The predicted molar refractivity (Wildman–Crippen MR) is 79.6 cm³/mol. The van der Waals surface area contributed by atoms with Crippen molar-refractivity contribution in [1.82, 2.24) is 0 Å².